The number of hydrogen-bond acceptors (Lipinski definition) is 1. The third-order valence-corrected chi connectivity index (χ3v) is 7.22. The second-order valence-electron chi connectivity index (χ2n) is 9.69. The van der Waals surface area contributed by atoms with Crippen LogP contribution in [0.25, 0.3) is 17.2 Å². The van der Waals surface area contributed by atoms with Gasteiger partial charge in [-0.15, -0.1) is 0 Å². The molecule has 36 heavy (non-hydrogen) atoms. The minimum atomic E-state index is -0.619. The van der Waals surface area contributed by atoms with E-state index in [1.165, 1.54) is 12.1 Å². The SMILES string of the molecule is Cc1c(C2=C(c3ccc(F)cc3F)CCCc3ccccc32)ccc(C=C2CN(CCCF)C2)c1F. The number of fused-ring (bicyclic) bond motifs is 1. The summed E-state index contributed by atoms with van der Waals surface area (Å²) in [5.74, 6) is -1.52. The molecular weight excluding hydrogens is 462 g/mol. The summed E-state index contributed by atoms with van der Waals surface area (Å²) in [6.45, 7) is 3.61. The van der Waals surface area contributed by atoms with Crippen molar-refractivity contribution >= 4 is 17.2 Å². The molecule has 5 heteroatoms. The highest BCUT2D eigenvalue weighted by molar-refractivity contribution is 6.00. The summed E-state index contributed by atoms with van der Waals surface area (Å²) in [4.78, 5) is 2.14. The molecule has 0 amide bonds. The standard InChI is InChI=1S/C31H29F4N/c1-20-25(12-10-23(31(20)35)16-21-18-36(19-21)15-5-14-32)30-26-8-3-2-6-22(26)7-4-9-28(30)27-13-11-24(33)17-29(27)34/h2-3,6,8,10-13,16-17H,4-5,7,9,14-15,18-19H2,1H3. The molecule has 1 nitrogen and oxygen atoms in total. The van der Waals surface area contributed by atoms with E-state index in [1.807, 2.05) is 30.3 Å². The highest BCUT2D eigenvalue weighted by atomic mass is 19.1. The van der Waals surface area contributed by atoms with Gasteiger partial charge >= 0.3 is 0 Å². The molecule has 1 aliphatic heterocycles. The molecule has 0 N–H and O–H groups in total. The Bertz CT molecular complexity index is 1350. The summed E-state index contributed by atoms with van der Waals surface area (Å²) in [5.41, 5.74) is 6.91. The topological polar surface area (TPSA) is 3.24 Å². The lowest BCUT2D eigenvalue weighted by molar-refractivity contribution is 0.239. The van der Waals surface area contributed by atoms with Gasteiger partial charge in [0.15, 0.2) is 0 Å². The van der Waals surface area contributed by atoms with Gasteiger partial charge in [0.25, 0.3) is 0 Å². The molecule has 0 saturated carbocycles. The van der Waals surface area contributed by atoms with Gasteiger partial charge in [0.1, 0.15) is 17.5 Å². The molecule has 0 radical (unpaired) electrons. The number of nitrogens with zero attached hydrogens (tertiary/aromatic N) is 1. The lowest BCUT2D eigenvalue weighted by atomic mass is 9.85. The molecule has 186 valence electrons. The molecule has 1 heterocycles. The van der Waals surface area contributed by atoms with Crippen LogP contribution in [0, 0.1) is 24.4 Å². The van der Waals surface area contributed by atoms with E-state index in [1.54, 1.807) is 13.0 Å². The van der Waals surface area contributed by atoms with Crippen LogP contribution in [0.15, 0.2) is 60.2 Å². The molecule has 0 unspecified atom stereocenters. The fraction of sp³-hybridized carbons (Fsp3) is 0.290. The van der Waals surface area contributed by atoms with Crippen LogP contribution in [0.3, 0.4) is 0 Å². The maximum atomic E-state index is 15.7. The monoisotopic (exact) mass is 491 g/mol. The van der Waals surface area contributed by atoms with Crippen LogP contribution in [0.4, 0.5) is 17.6 Å². The minimum Gasteiger partial charge on any atom is -0.295 e. The quantitative estimate of drug-likeness (QED) is 0.319. The molecule has 0 aromatic heterocycles. The first-order valence-corrected chi connectivity index (χ1v) is 12.5. The highest BCUT2D eigenvalue weighted by Crippen LogP contribution is 2.42. The molecule has 5 rings (SSSR count). The fourth-order valence-corrected chi connectivity index (χ4v) is 5.41. The van der Waals surface area contributed by atoms with Crippen LogP contribution >= 0.6 is 0 Å². The molecule has 0 spiro atoms. The molecule has 1 aliphatic carbocycles. The van der Waals surface area contributed by atoms with Gasteiger partial charge in [0, 0.05) is 36.8 Å². The molecule has 1 fully saturated rings. The lowest BCUT2D eigenvalue weighted by Crippen LogP contribution is -2.40. The van der Waals surface area contributed by atoms with Gasteiger partial charge in [-0.2, -0.15) is 0 Å². The zero-order valence-corrected chi connectivity index (χ0v) is 20.4. The van der Waals surface area contributed by atoms with E-state index in [0.29, 0.717) is 36.1 Å². The van der Waals surface area contributed by atoms with Gasteiger partial charge in [-0.25, -0.2) is 13.2 Å². The number of hydrogen-bond donors (Lipinski definition) is 0. The zero-order chi connectivity index (χ0) is 25.2. The van der Waals surface area contributed by atoms with Crippen molar-refractivity contribution in [2.45, 2.75) is 32.6 Å². The number of likely N-dealkylation sites (tertiary alicyclic amines) is 1. The fourth-order valence-electron chi connectivity index (χ4n) is 5.41. The summed E-state index contributed by atoms with van der Waals surface area (Å²) in [7, 11) is 0. The molecule has 1 saturated heterocycles. The first-order chi connectivity index (χ1) is 17.5. The molecular formula is C31H29F4N. The van der Waals surface area contributed by atoms with Gasteiger partial charge < -0.3 is 0 Å². The summed E-state index contributed by atoms with van der Waals surface area (Å²) < 4.78 is 56.8. The van der Waals surface area contributed by atoms with Gasteiger partial charge in [0.05, 0.1) is 6.67 Å². The number of alkyl halides is 1. The third-order valence-electron chi connectivity index (χ3n) is 7.22. The Morgan fingerprint density at radius 2 is 1.67 bits per heavy atom. The van der Waals surface area contributed by atoms with Crippen LogP contribution in [0.2, 0.25) is 0 Å². The third kappa shape index (κ3) is 4.77. The smallest absolute Gasteiger partial charge is 0.133 e. The van der Waals surface area contributed by atoms with Crippen LogP contribution in [-0.2, 0) is 6.42 Å². The Hall–Kier alpha value is -3.18. The minimum absolute atomic E-state index is 0.296. The van der Waals surface area contributed by atoms with Crippen LogP contribution < -0.4 is 0 Å². The van der Waals surface area contributed by atoms with Crippen LogP contribution in [-0.4, -0.2) is 31.2 Å². The van der Waals surface area contributed by atoms with E-state index in [2.05, 4.69) is 11.0 Å². The summed E-state index contributed by atoms with van der Waals surface area (Å²) in [6.07, 6.45) is 4.65. The molecule has 3 aromatic carbocycles. The summed E-state index contributed by atoms with van der Waals surface area (Å²) in [5, 5.41) is 0. The number of rotatable bonds is 6. The van der Waals surface area contributed by atoms with Gasteiger partial charge in [0.2, 0.25) is 0 Å². The Balaban J connectivity index is 1.61. The van der Waals surface area contributed by atoms with Crippen molar-refractivity contribution < 1.29 is 17.6 Å². The Morgan fingerprint density at radius 3 is 2.44 bits per heavy atom. The van der Waals surface area contributed by atoms with Gasteiger partial charge in [-0.1, -0.05) is 42.5 Å². The average Bonchev–Trinajstić information content (AvgIpc) is 3.03. The number of aryl methyl sites for hydroxylation is 1. The number of benzene rings is 3. The average molecular weight is 492 g/mol. The zero-order valence-electron chi connectivity index (χ0n) is 20.4. The second-order valence-corrected chi connectivity index (χ2v) is 9.69. The van der Waals surface area contributed by atoms with Crippen molar-refractivity contribution in [3.63, 3.8) is 0 Å². The summed E-state index contributed by atoms with van der Waals surface area (Å²) in [6, 6.07) is 15.4. The van der Waals surface area contributed by atoms with Crippen molar-refractivity contribution in [2.75, 3.05) is 26.3 Å². The van der Waals surface area contributed by atoms with E-state index in [-0.39, 0.29) is 12.5 Å². The molecule has 0 atom stereocenters. The lowest BCUT2D eigenvalue weighted by Gasteiger charge is -2.34. The summed E-state index contributed by atoms with van der Waals surface area (Å²) >= 11 is 0. The number of allylic oxidation sites excluding steroid dienone is 1. The van der Waals surface area contributed by atoms with Crippen molar-refractivity contribution in [2.24, 2.45) is 0 Å². The van der Waals surface area contributed by atoms with Crippen LogP contribution in [0.5, 0.6) is 0 Å². The molecule has 0 bridgehead atoms. The Kier molecular flexibility index (Phi) is 7.10. The maximum absolute atomic E-state index is 15.7. The van der Waals surface area contributed by atoms with E-state index in [9.17, 15) is 13.2 Å². The predicted molar refractivity (Wildman–Crippen MR) is 138 cm³/mol. The Labute approximate surface area is 209 Å². The van der Waals surface area contributed by atoms with Gasteiger partial charge in [-0.3, -0.25) is 9.29 Å². The highest BCUT2D eigenvalue weighted by Gasteiger charge is 2.25. The molecule has 2 aliphatic rings. The van der Waals surface area contributed by atoms with Crippen molar-refractivity contribution in [1.29, 1.82) is 0 Å². The van der Waals surface area contributed by atoms with Crippen molar-refractivity contribution in [3.05, 3.63) is 111 Å². The maximum Gasteiger partial charge on any atom is 0.133 e. The van der Waals surface area contributed by atoms with Crippen LogP contribution in [0.1, 0.15) is 52.6 Å². The van der Waals surface area contributed by atoms with E-state index in [0.717, 1.165) is 65.4 Å². The normalized spacial score (nSPS) is 16.0. The van der Waals surface area contributed by atoms with E-state index >= 15 is 4.39 Å². The first kappa shape index (κ1) is 24.5. The van der Waals surface area contributed by atoms with Crippen molar-refractivity contribution in [1.82, 2.24) is 4.90 Å². The molecule has 3 aromatic rings. The number of halogens is 4. The largest absolute Gasteiger partial charge is 0.295 e. The predicted octanol–water partition coefficient (Wildman–Crippen LogP) is 7.77. The Morgan fingerprint density at radius 1 is 0.889 bits per heavy atom. The first-order valence-electron chi connectivity index (χ1n) is 12.5. The van der Waals surface area contributed by atoms with Gasteiger partial charge in [-0.05, 0) is 83.7 Å². The second kappa shape index (κ2) is 10.4. The van der Waals surface area contributed by atoms with Crippen molar-refractivity contribution in [3.8, 4) is 0 Å². The van der Waals surface area contributed by atoms with E-state index in [4.69, 9.17) is 0 Å². The van der Waals surface area contributed by atoms with E-state index < -0.39 is 11.6 Å².